The third kappa shape index (κ3) is 5.11. The summed E-state index contributed by atoms with van der Waals surface area (Å²) < 4.78 is 11.7. The van der Waals surface area contributed by atoms with E-state index < -0.39 is 5.97 Å². The predicted molar refractivity (Wildman–Crippen MR) is 122 cm³/mol. The quantitative estimate of drug-likeness (QED) is 0.545. The molecule has 6 nitrogen and oxygen atoms in total. The molecule has 3 aromatic rings. The highest BCUT2D eigenvalue weighted by molar-refractivity contribution is 6.51. The molecule has 4 rings (SSSR count). The summed E-state index contributed by atoms with van der Waals surface area (Å²) >= 11 is 0. The van der Waals surface area contributed by atoms with E-state index in [1.165, 1.54) is 0 Å². The van der Waals surface area contributed by atoms with Crippen LogP contribution >= 0.6 is 0 Å². The molecule has 0 unspecified atom stereocenters. The number of rotatable bonds is 8. The van der Waals surface area contributed by atoms with E-state index in [1.54, 1.807) is 29.2 Å². The fraction of sp³-hybridized carbons (Fsp3) is 0.200. The minimum Gasteiger partial charge on any atom is -0.481 e. The van der Waals surface area contributed by atoms with Crippen LogP contribution in [0, 0.1) is 0 Å². The number of benzene rings is 3. The summed E-state index contributed by atoms with van der Waals surface area (Å²) in [7, 11) is 1.98. The van der Waals surface area contributed by atoms with Gasteiger partial charge in [0, 0.05) is 5.56 Å². The monoisotopic (exact) mass is 428 g/mol. The highest BCUT2D eigenvalue weighted by Crippen LogP contribution is 2.31. The highest BCUT2D eigenvalue weighted by Gasteiger charge is 2.32. The molecule has 1 amide bonds. The molecule has 1 N–H and O–H groups in total. The van der Waals surface area contributed by atoms with Crippen molar-refractivity contribution in [2.75, 3.05) is 6.54 Å². The van der Waals surface area contributed by atoms with Crippen LogP contribution in [0.2, 0.25) is 6.82 Å². The SMILES string of the molecule is C[B]c1ccc(Oc2cccc(CC(=O)O)c2)c(CN2C[C@@H](c3ccccc3)OC2=O)c1. The van der Waals surface area contributed by atoms with Crippen molar-refractivity contribution >= 4 is 24.8 Å². The van der Waals surface area contributed by atoms with Gasteiger partial charge in [-0.2, -0.15) is 0 Å². The lowest BCUT2D eigenvalue weighted by Gasteiger charge is -2.18. The van der Waals surface area contributed by atoms with Crippen LogP contribution < -0.4 is 10.2 Å². The Labute approximate surface area is 187 Å². The number of ether oxygens (including phenoxy) is 2. The van der Waals surface area contributed by atoms with Crippen LogP contribution in [0.5, 0.6) is 11.5 Å². The summed E-state index contributed by atoms with van der Waals surface area (Å²) in [5, 5.41) is 9.04. The Morgan fingerprint density at radius 1 is 1.12 bits per heavy atom. The number of cyclic esters (lactones) is 1. The van der Waals surface area contributed by atoms with Crippen molar-refractivity contribution in [1.82, 2.24) is 4.90 Å². The van der Waals surface area contributed by atoms with Gasteiger partial charge in [-0.3, -0.25) is 9.69 Å². The van der Waals surface area contributed by atoms with Gasteiger partial charge in [-0.1, -0.05) is 66.9 Å². The minimum absolute atomic E-state index is 0.0751. The molecule has 1 fully saturated rings. The van der Waals surface area contributed by atoms with Crippen LogP contribution in [0.25, 0.3) is 0 Å². The molecular weight excluding hydrogens is 405 g/mol. The second-order valence-corrected chi connectivity index (χ2v) is 7.64. The van der Waals surface area contributed by atoms with E-state index in [1.807, 2.05) is 62.6 Å². The molecule has 1 heterocycles. The lowest BCUT2D eigenvalue weighted by molar-refractivity contribution is -0.136. The summed E-state index contributed by atoms with van der Waals surface area (Å²) in [6, 6.07) is 22.5. The molecule has 7 heteroatoms. The van der Waals surface area contributed by atoms with E-state index >= 15 is 0 Å². The van der Waals surface area contributed by atoms with Crippen molar-refractivity contribution < 1.29 is 24.2 Å². The van der Waals surface area contributed by atoms with Gasteiger partial charge in [0.1, 0.15) is 24.9 Å². The molecule has 1 saturated heterocycles. The Balaban J connectivity index is 1.55. The van der Waals surface area contributed by atoms with Crippen molar-refractivity contribution in [1.29, 1.82) is 0 Å². The second-order valence-electron chi connectivity index (χ2n) is 7.64. The van der Waals surface area contributed by atoms with E-state index in [0.29, 0.717) is 30.2 Å². The molecular formula is C25H23BNO5. The van der Waals surface area contributed by atoms with Gasteiger partial charge in [-0.25, -0.2) is 4.79 Å². The maximum absolute atomic E-state index is 12.5. The molecule has 1 radical (unpaired) electrons. The molecule has 0 aliphatic carbocycles. The average Bonchev–Trinajstić information content (AvgIpc) is 3.15. The molecule has 3 aromatic carbocycles. The Bertz CT molecular complexity index is 1120. The lowest BCUT2D eigenvalue weighted by Crippen LogP contribution is -2.25. The van der Waals surface area contributed by atoms with E-state index in [0.717, 1.165) is 16.6 Å². The van der Waals surface area contributed by atoms with E-state index in [-0.39, 0.29) is 18.6 Å². The van der Waals surface area contributed by atoms with Crippen LogP contribution in [0.4, 0.5) is 4.79 Å². The third-order valence-electron chi connectivity index (χ3n) is 5.32. The smallest absolute Gasteiger partial charge is 0.410 e. The first-order valence-electron chi connectivity index (χ1n) is 10.4. The number of carboxylic acid groups (broad SMARTS) is 1. The van der Waals surface area contributed by atoms with Crippen LogP contribution in [0.3, 0.4) is 0 Å². The summed E-state index contributed by atoms with van der Waals surface area (Å²) in [5.74, 6) is 0.259. The molecule has 161 valence electrons. The Hall–Kier alpha value is -3.74. The summed E-state index contributed by atoms with van der Waals surface area (Å²) in [4.78, 5) is 25.2. The first-order valence-corrected chi connectivity index (χ1v) is 10.4. The van der Waals surface area contributed by atoms with Gasteiger partial charge in [0.25, 0.3) is 0 Å². The van der Waals surface area contributed by atoms with Crippen molar-refractivity contribution in [3.63, 3.8) is 0 Å². The van der Waals surface area contributed by atoms with E-state index in [2.05, 4.69) is 0 Å². The molecule has 1 aliphatic rings. The predicted octanol–water partition coefficient (Wildman–Crippen LogP) is 4.18. The first-order chi connectivity index (χ1) is 15.5. The number of aliphatic carboxylic acids is 1. The van der Waals surface area contributed by atoms with Gasteiger partial charge in [-0.05, 0) is 29.3 Å². The number of nitrogens with zero attached hydrogens (tertiary/aromatic N) is 1. The van der Waals surface area contributed by atoms with Gasteiger partial charge in [0.05, 0.1) is 19.5 Å². The van der Waals surface area contributed by atoms with Crippen LogP contribution in [-0.2, 0) is 22.5 Å². The number of amides is 1. The number of carbonyl (C=O) groups is 2. The zero-order chi connectivity index (χ0) is 22.5. The zero-order valence-corrected chi connectivity index (χ0v) is 17.7. The number of hydrogen-bond donors (Lipinski definition) is 1. The van der Waals surface area contributed by atoms with Crippen molar-refractivity contribution in [3.05, 3.63) is 89.5 Å². The van der Waals surface area contributed by atoms with Gasteiger partial charge >= 0.3 is 12.1 Å². The number of carbonyl (C=O) groups excluding carboxylic acids is 1. The standard InChI is InChI=1S/C25H23BNO5/c1-26-20-10-11-22(31-21-9-5-6-17(12-21)13-24(28)29)19(14-20)15-27-16-23(32-25(27)30)18-7-3-2-4-8-18/h2-12,14,23H,13,15-16H2,1H3,(H,28,29)/t23-/m0/s1. The topological polar surface area (TPSA) is 76.1 Å². The number of hydrogen-bond acceptors (Lipinski definition) is 4. The van der Waals surface area contributed by atoms with E-state index in [9.17, 15) is 9.59 Å². The Morgan fingerprint density at radius 2 is 1.94 bits per heavy atom. The minimum atomic E-state index is -0.897. The fourth-order valence-corrected chi connectivity index (χ4v) is 3.71. The average molecular weight is 428 g/mol. The van der Waals surface area contributed by atoms with Gasteiger partial charge in [0.15, 0.2) is 0 Å². The molecule has 0 spiro atoms. The van der Waals surface area contributed by atoms with Crippen LogP contribution in [0.1, 0.15) is 22.8 Å². The van der Waals surface area contributed by atoms with Crippen molar-refractivity contribution in [3.8, 4) is 11.5 Å². The molecule has 0 bridgehead atoms. The van der Waals surface area contributed by atoms with E-state index in [4.69, 9.17) is 14.6 Å². The molecule has 0 saturated carbocycles. The van der Waals surface area contributed by atoms with Gasteiger partial charge in [0.2, 0.25) is 0 Å². The largest absolute Gasteiger partial charge is 0.481 e. The summed E-state index contributed by atoms with van der Waals surface area (Å²) in [6.07, 6.45) is -0.741. The highest BCUT2D eigenvalue weighted by atomic mass is 16.6. The van der Waals surface area contributed by atoms with Crippen molar-refractivity contribution in [2.24, 2.45) is 0 Å². The first kappa shape index (κ1) is 21.5. The molecule has 1 atom stereocenters. The van der Waals surface area contributed by atoms with Crippen LogP contribution in [0.15, 0.2) is 72.8 Å². The van der Waals surface area contributed by atoms with Crippen LogP contribution in [-0.4, -0.2) is 35.9 Å². The zero-order valence-electron chi connectivity index (χ0n) is 17.7. The normalized spacial score (nSPS) is 15.3. The number of carboxylic acids is 1. The summed E-state index contributed by atoms with van der Waals surface area (Å²) in [5.41, 5.74) is 3.48. The molecule has 0 aromatic heterocycles. The fourth-order valence-electron chi connectivity index (χ4n) is 3.71. The second kappa shape index (κ2) is 9.60. The Morgan fingerprint density at radius 3 is 2.69 bits per heavy atom. The summed E-state index contributed by atoms with van der Waals surface area (Å²) in [6.45, 7) is 2.75. The maximum Gasteiger partial charge on any atom is 0.410 e. The Kier molecular flexibility index (Phi) is 6.45. The third-order valence-corrected chi connectivity index (χ3v) is 5.32. The maximum atomic E-state index is 12.5. The molecule has 32 heavy (non-hydrogen) atoms. The molecule has 1 aliphatic heterocycles. The van der Waals surface area contributed by atoms with Crippen molar-refractivity contribution in [2.45, 2.75) is 25.9 Å². The van der Waals surface area contributed by atoms with Gasteiger partial charge in [-0.15, -0.1) is 0 Å². The van der Waals surface area contributed by atoms with Gasteiger partial charge < -0.3 is 14.6 Å². The lowest BCUT2D eigenvalue weighted by atomic mass is 9.73.